The fourth-order valence-corrected chi connectivity index (χ4v) is 4.78. The van der Waals surface area contributed by atoms with Gasteiger partial charge in [-0.2, -0.15) is 4.31 Å². The average Bonchev–Trinajstić information content (AvgIpc) is 3.18. The van der Waals surface area contributed by atoms with E-state index in [1.807, 2.05) is 30.3 Å². The first-order valence-corrected chi connectivity index (χ1v) is 11.5. The minimum absolute atomic E-state index is 0.0543. The minimum atomic E-state index is -3.33. The number of nitrogens with one attached hydrogen (secondary N) is 1. The zero-order chi connectivity index (χ0) is 20.6. The van der Waals surface area contributed by atoms with Gasteiger partial charge in [0.1, 0.15) is 5.82 Å². The van der Waals surface area contributed by atoms with Crippen molar-refractivity contribution in [2.24, 2.45) is 0 Å². The standard InChI is InChI=1S/C20H24N4O4S/c1-29(27,28)24-10-8-16-17(13-24)21-19(22-20(16)26)15-7-9-23(12-15)18(25)11-14-5-3-2-4-6-14/h2-6,15H,7-13H2,1H3,(H,21,22,26)/t15-/m0/s1. The Balaban J connectivity index is 1.49. The predicted molar refractivity (Wildman–Crippen MR) is 108 cm³/mol. The van der Waals surface area contributed by atoms with Gasteiger partial charge in [0.2, 0.25) is 15.9 Å². The van der Waals surface area contributed by atoms with Crippen LogP contribution in [-0.4, -0.2) is 59.4 Å². The van der Waals surface area contributed by atoms with Crippen LogP contribution in [0.25, 0.3) is 0 Å². The van der Waals surface area contributed by atoms with E-state index in [2.05, 4.69) is 9.97 Å². The number of H-pyrrole nitrogens is 1. The van der Waals surface area contributed by atoms with Crippen LogP contribution >= 0.6 is 0 Å². The smallest absolute Gasteiger partial charge is 0.254 e. The third kappa shape index (κ3) is 4.25. The molecule has 1 saturated heterocycles. The van der Waals surface area contributed by atoms with Gasteiger partial charge in [0.25, 0.3) is 5.56 Å². The maximum absolute atomic E-state index is 12.6. The summed E-state index contributed by atoms with van der Waals surface area (Å²) in [5, 5.41) is 0. The molecule has 4 rings (SSSR count). The monoisotopic (exact) mass is 416 g/mol. The molecule has 2 aromatic rings. The third-order valence-corrected chi connectivity index (χ3v) is 6.90. The molecule has 0 radical (unpaired) electrons. The Morgan fingerprint density at radius 2 is 2.00 bits per heavy atom. The lowest BCUT2D eigenvalue weighted by Gasteiger charge is -2.26. The highest BCUT2D eigenvalue weighted by Crippen LogP contribution is 2.26. The summed E-state index contributed by atoms with van der Waals surface area (Å²) in [6.45, 7) is 1.53. The van der Waals surface area contributed by atoms with Gasteiger partial charge < -0.3 is 9.88 Å². The summed E-state index contributed by atoms with van der Waals surface area (Å²) in [6, 6.07) is 9.61. The Morgan fingerprint density at radius 3 is 2.72 bits per heavy atom. The Labute approximate surface area is 169 Å². The molecule has 1 aromatic carbocycles. The molecule has 1 fully saturated rings. The molecular formula is C20H24N4O4S. The van der Waals surface area contributed by atoms with Crippen molar-refractivity contribution >= 4 is 15.9 Å². The molecule has 1 atom stereocenters. The number of aromatic amines is 1. The van der Waals surface area contributed by atoms with Crippen LogP contribution in [-0.2, 0) is 34.2 Å². The molecular weight excluding hydrogens is 392 g/mol. The quantitative estimate of drug-likeness (QED) is 0.788. The van der Waals surface area contributed by atoms with Crippen molar-refractivity contribution in [2.45, 2.75) is 31.7 Å². The number of sulfonamides is 1. The maximum Gasteiger partial charge on any atom is 0.254 e. The summed E-state index contributed by atoms with van der Waals surface area (Å²) in [5.41, 5.74) is 1.85. The molecule has 0 aliphatic carbocycles. The van der Waals surface area contributed by atoms with Gasteiger partial charge in [0.05, 0.1) is 24.9 Å². The van der Waals surface area contributed by atoms with Gasteiger partial charge in [-0.25, -0.2) is 13.4 Å². The lowest BCUT2D eigenvalue weighted by Crippen LogP contribution is -2.39. The molecule has 9 heteroatoms. The van der Waals surface area contributed by atoms with Crippen LogP contribution < -0.4 is 5.56 Å². The van der Waals surface area contributed by atoms with Gasteiger partial charge in [0, 0.05) is 31.1 Å². The molecule has 1 amide bonds. The number of hydrogen-bond donors (Lipinski definition) is 1. The summed E-state index contributed by atoms with van der Waals surface area (Å²) in [5.74, 6) is 0.544. The zero-order valence-corrected chi connectivity index (χ0v) is 17.1. The van der Waals surface area contributed by atoms with Gasteiger partial charge in [-0.05, 0) is 18.4 Å². The number of carbonyl (C=O) groups excluding carboxylic acids is 1. The van der Waals surface area contributed by atoms with Crippen molar-refractivity contribution in [2.75, 3.05) is 25.9 Å². The molecule has 2 aliphatic rings. The first kappa shape index (κ1) is 19.8. The SMILES string of the molecule is CS(=O)(=O)N1CCc2c(nc([C@H]3CCN(C(=O)Cc4ccccc4)C3)[nH]c2=O)C1. The van der Waals surface area contributed by atoms with E-state index >= 15 is 0 Å². The minimum Gasteiger partial charge on any atom is -0.342 e. The van der Waals surface area contributed by atoms with Crippen molar-refractivity contribution in [3.63, 3.8) is 0 Å². The number of fused-ring (bicyclic) bond motifs is 1. The third-order valence-electron chi connectivity index (χ3n) is 5.65. The number of carbonyl (C=O) groups is 1. The number of amides is 1. The molecule has 0 bridgehead atoms. The molecule has 154 valence electrons. The summed E-state index contributed by atoms with van der Waals surface area (Å²) in [7, 11) is -3.33. The number of aromatic nitrogens is 2. The number of likely N-dealkylation sites (tertiary alicyclic amines) is 1. The second-order valence-corrected chi connectivity index (χ2v) is 9.69. The number of rotatable bonds is 4. The summed E-state index contributed by atoms with van der Waals surface area (Å²) in [4.78, 5) is 34.4. The fraction of sp³-hybridized carbons (Fsp3) is 0.450. The average molecular weight is 417 g/mol. The van der Waals surface area contributed by atoms with E-state index in [-0.39, 0.29) is 23.9 Å². The molecule has 29 heavy (non-hydrogen) atoms. The van der Waals surface area contributed by atoms with Crippen molar-refractivity contribution in [1.82, 2.24) is 19.2 Å². The number of benzene rings is 1. The van der Waals surface area contributed by atoms with Crippen LogP contribution in [0.5, 0.6) is 0 Å². The van der Waals surface area contributed by atoms with E-state index in [1.54, 1.807) is 4.90 Å². The number of nitrogens with zero attached hydrogens (tertiary/aromatic N) is 3. The molecule has 0 spiro atoms. The molecule has 0 saturated carbocycles. The fourth-order valence-electron chi connectivity index (χ4n) is 4.00. The summed E-state index contributed by atoms with van der Waals surface area (Å²) >= 11 is 0. The van der Waals surface area contributed by atoms with Crippen LogP contribution in [0.4, 0.5) is 0 Å². The number of hydrogen-bond acceptors (Lipinski definition) is 5. The highest BCUT2D eigenvalue weighted by Gasteiger charge is 2.31. The highest BCUT2D eigenvalue weighted by molar-refractivity contribution is 7.88. The van der Waals surface area contributed by atoms with E-state index in [0.29, 0.717) is 49.6 Å². The van der Waals surface area contributed by atoms with Crippen molar-refractivity contribution < 1.29 is 13.2 Å². The summed E-state index contributed by atoms with van der Waals surface area (Å²) < 4.78 is 25.1. The molecule has 2 aliphatic heterocycles. The van der Waals surface area contributed by atoms with E-state index in [9.17, 15) is 18.0 Å². The lowest BCUT2D eigenvalue weighted by atomic mass is 10.1. The van der Waals surface area contributed by atoms with Crippen LogP contribution in [0.3, 0.4) is 0 Å². The molecule has 8 nitrogen and oxygen atoms in total. The Kier molecular flexibility index (Phi) is 5.26. The van der Waals surface area contributed by atoms with Crippen LogP contribution in [0.15, 0.2) is 35.1 Å². The first-order chi connectivity index (χ1) is 13.8. The van der Waals surface area contributed by atoms with Gasteiger partial charge >= 0.3 is 0 Å². The topological polar surface area (TPSA) is 103 Å². The molecule has 3 heterocycles. The first-order valence-electron chi connectivity index (χ1n) is 9.70. The van der Waals surface area contributed by atoms with Crippen molar-refractivity contribution in [3.05, 3.63) is 63.3 Å². The molecule has 1 aromatic heterocycles. The second-order valence-electron chi connectivity index (χ2n) is 7.71. The Bertz CT molecular complexity index is 1080. The van der Waals surface area contributed by atoms with Crippen LogP contribution in [0.1, 0.15) is 35.0 Å². The van der Waals surface area contributed by atoms with Gasteiger partial charge in [-0.15, -0.1) is 0 Å². The lowest BCUT2D eigenvalue weighted by molar-refractivity contribution is -0.129. The van der Waals surface area contributed by atoms with E-state index in [0.717, 1.165) is 12.0 Å². The largest absolute Gasteiger partial charge is 0.342 e. The summed E-state index contributed by atoms with van der Waals surface area (Å²) in [6.07, 6.45) is 2.60. The van der Waals surface area contributed by atoms with Gasteiger partial charge in [0.15, 0.2) is 0 Å². The van der Waals surface area contributed by atoms with Crippen molar-refractivity contribution in [1.29, 1.82) is 0 Å². The van der Waals surface area contributed by atoms with Crippen molar-refractivity contribution in [3.8, 4) is 0 Å². The second kappa shape index (κ2) is 7.72. The van der Waals surface area contributed by atoms with E-state index in [4.69, 9.17) is 0 Å². The van der Waals surface area contributed by atoms with E-state index < -0.39 is 10.0 Å². The predicted octanol–water partition coefficient (Wildman–Crippen LogP) is 0.646. The molecule has 0 unspecified atom stereocenters. The van der Waals surface area contributed by atoms with Crippen LogP contribution in [0.2, 0.25) is 0 Å². The Morgan fingerprint density at radius 1 is 1.24 bits per heavy atom. The Hall–Kier alpha value is -2.52. The normalized spacial score (nSPS) is 19.9. The zero-order valence-electron chi connectivity index (χ0n) is 16.3. The highest BCUT2D eigenvalue weighted by atomic mass is 32.2. The van der Waals surface area contributed by atoms with E-state index in [1.165, 1.54) is 10.6 Å². The molecule has 1 N–H and O–H groups in total. The van der Waals surface area contributed by atoms with Gasteiger partial charge in [-0.1, -0.05) is 30.3 Å². The van der Waals surface area contributed by atoms with Crippen LogP contribution in [0, 0.1) is 0 Å². The van der Waals surface area contributed by atoms with Gasteiger partial charge in [-0.3, -0.25) is 9.59 Å². The maximum atomic E-state index is 12.6.